The number of fused-ring (bicyclic) bond motifs is 2. The Morgan fingerprint density at radius 3 is 2.55 bits per heavy atom. The zero-order valence-corrected chi connectivity index (χ0v) is 20.2. The molecular weight excluding hydrogens is 486 g/mol. The van der Waals surface area contributed by atoms with Gasteiger partial charge in [-0.25, -0.2) is 23.7 Å². The molecule has 0 radical (unpaired) electrons. The maximum atomic E-state index is 16.1. The monoisotopic (exact) mass is 508 g/mol. The van der Waals surface area contributed by atoms with E-state index in [1.54, 1.807) is 24.5 Å². The molecule has 0 spiro atoms. The summed E-state index contributed by atoms with van der Waals surface area (Å²) in [5.74, 6) is -0.418. The van der Waals surface area contributed by atoms with Crippen LogP contribution >= 0.6 is 0 Å². The molecule has 0 aliphatic carbocycles. The van der Waals surface area contributed by atoms with Gasteiger partial charge in [0.1, 0.15) is 22.8 Å². The van der Waals surface area contributed by atoms with Crippen molar-refractivity contribution in [3.63, 3.8) is 0 Å². The van der Waals surface area contributed by atoms with Gasteiger partial charge in [-0.3, -0.25) is 15.0 Å². The van der Waals surface area contributed by atoms with Gasteiger partial charge in [0.05, 0.1) is 5.39 Å². The molecule has 38 heavy (non-hydrogen) atoms. The van der Waals surface area contributed by atoms with Crippen LogP contribution in [0.2, 0.25) is 0 Å². The summed E-state index contributed by atoms with van der Waals surface area (Å²) < 4.78 is 29.5. The number of pyridine rings is 3. The van der Waals surface area contributed by atoms with Crippen molar-refractivity contribution in [3.05, 3.63) is 78.4 Å². The molecule has 0 unspecified atom stereocenters. The second kappa shape index (κ2) is 9.07. The van der Waals surface area contributed by atoms with E-state index < -0.39 is 5.82 Å². The molecule has 0 saturated carbocycles. The molecule has 1 saturated heterocycles. The van der Waals surface area contributed by atoms with Crippen LogP contribution in [-0.2, 0) is 6.54 Å². The van der Waals surface area contributed by atoms with E-state index in [1.165, 1.54) is 31.2 Å². The molecule has 6 aromatic rings. The molecule has 0 amide bonds. The van der Waals surface area contributed by atoms with E-state index in [9.17, 15) is 4.39 Å². The van der Waals surface area contributed by atoms with Gasteiger partial charge in [-0.15, -0.1) is 0 Å². The van der Waals surface area contributed by atoms with Crippen molar-refractivity contribution < 1.29 is 8.78 Å². The van der Waals surface area contributed by atoms with Crippen molar-refractivity contribution >= 4 is 22.2 Å². The molecule has 5 aromatic heterocycles. The second-order valence-electron chi connectivity index (χ2n) is 9.49. The van der Waals surface area contributed by atoms with Gasteiger partial charge < -0.3 is 4.98 Å². The average molecular weight is 509 g/mol. The summed E-state index contributed by atoms with van der Waals surface area (Å²) in [7, 11) is 0. The zero-order valence-electron chi connectivity index (χ0n) is 20.2. The number of imidazole rings is 1. The van der Waals surface area contributed by atoms with Crippen LogP contribution in [-0.4, -0.2) is 53.1 Å². The van der Waals surface area contributed by atoms with E-state index in [-0.39, 0.29) is 11.2 Å². The standard InChI is InChI=1S/C28H22F2N8/c29-19-5-3-17(4-6-19)20-7-8-32-27-24(20)34-28(35-27)25-22-23(30)21(14-33-26(22)37-36-25)18-11-16(12-31-13-18)15-38-9-1-2-10-38/h3-8,11-14H,1-2,9-10,15H2,(H,32,34,35)(H,33,36,37). The first-order valence-electron chi connectivity index (χ1n) is 12.4. The lowest BCUT2D eigenvalue weighted by Crippen LogP contribution is -2.18. The number of H-pyrrole nitrogens is 2. The minimum Gasteiger partial charge on any atom is -0.321 e. The molecule has 10 heteroatoms. The van der Waals surface area contributed by atoms with Gasteiger partial charge in [0.15, 0.2) is 17.1 Å². The highest BCUT2D eigenvalue weighted by molar-refractivity contribution is 5.96. The van der Waals surface area contributed by atoms with Gasteiger partial charge in [0.2, 0.25) is 0 Å². The number of halogens is 2. The van der Waals surface area contributed by atoms with E-state index in [2.05, 4.69) is 35.0 Å². The third-order valence-electron chi connectivity index (χ3n) is 7.00. The van der Waals surface area contributed by atoms with Crippen LogP contribution in [0.4, 0.5) is 8.78 Å². The zero-order chi connectivity index (χ0) is 25.6. The Hall–Kier alpha value is -4.57. The quantitative estimate of drug-likeness (QED) is 0.319. The fourth-order valence-corrected chi connectivity index (χ4v) is 5.13. The maximum absolute atomic E-state index is 16.1. The molecule has 7 rings (SSSR count). The first-order valence-corrected chi connectivity index (χ1v) is 12.4. The fraction of sp³-hybridized carbons (Fsp3) is 0.179. The van der Waals surface area contributed by atoms with Gasteiger partial charge in [-0.05, 0) is 61.3 Å². The van der Waals surface area contributed by atoms with E-state index in [4.69, 9.17) is 4.98 Å². The van der Waals surface area contributed by atoms with Crippen molar-refractivity contribution in [1.29, 1.82) is 0 Å². The Morgan fingerprint density at radius 2 is 1.71 bits per heavy atom. The van der Waals surface area contributed by atoms with Crippen molar-refractivity contribution in [3.8, 4) is 33.8 Å². The van der Waals surface area contributed by atoms with Crippen LogP contribution in [0.15, 0.2) is 61.2 Å². The number of hydrogen-bond donors (Lipinski definition) is 2. The summed E-state index contributed by atoms with van der Waals surface area (Å²) in [4.78, 5) is 23.4. The van der Waals surface area contributed by atoms with Crippen LogP contribution in [0.5, 0.6) is 0 Å². The molecule has 1 aromatic carbocycles. The predicted molar refractivity (Wildman–Crippen MR) is 140 cm³/mol. The van der Waals surface area contributed by atoms with Gasteiger partial charge in [-0.2, -0.15) is 5.10 Å². The SMILES string of the molecule is Fc1ccc(-c2ccnc3[nH]c(-c4n[nH]c5ncc(-c6cncc(CN7CCCC7)c6)c(F)c45)nc23)cc1. The number of likely N-dealkylation sites (tertiary alicyclic amines) is 1. The number of hydrogen-bond acceptors (Lipinski definition) is 6. The lowest BCUT2D eigenvalue weighted by molar-refractivity contribution is 0.331. The molecule has 1 fully saturated rings. The minimum atomic E-state index is -0.453. The second-order valence-corrected chi connectivity index (χ2v) is 9.49. The van der Waals surface area contributed by atoms with Gasteiger partial charge in [-0.1, -0.05) is 12.1 Å². The largest absolute Gasteiger partial charge is 0.321 e. The summed E-state index contributed by atoms with van der Waals surface area (Å²) in [6.45, 7) is 2.93. The highest BCUT2D eigenvalue weighted by Gasteiger charge is 2.22. The lowest BCUT2D eigenvalue weighted by atomic mass is 10.0. The van der Waals surface area contributed by atoms with Crippen LogP contribution in [0, 0.1) is 11.6 Å². The van der Waals surface area contributed by atoms with Gasteiger partial charge in [0, 0.05) is 48.0 Å². The summed E-state index contributed by atoms with van der Waals surface area (Å²) in [5, 5.41) is 7.38. The Morgan fingerprint density at radius 1 is 0.868 bits per heavy atom. The Labute approximate surface area is 215 Å². The number of aromatic amines is 2. The number of aromatic nitrogens is 7. The summed E-state index contributed by atoms with van der Waals surface area (Å²) >= 11 is 0. The van der Waals surface area contributed by atoms with E-state index in [0.717, 1.165) is 36.3 Å². The smallest absolute Gasteiger partial charge is 0.161 e. The predicted octanol–water partition coefficient (Wildman–Crippen LogP) is 5.50. The molecule has 188 valence electrons. The van der Waals surface area contributed by atoms with Gasteiger partial charge >= 0.3 is 0 Å². The Bertz CT molecular complexity index is 1780. The van der Waals surface area contributed by atoms with Crippen LogP contribution in [0.1, 0.15) is 18.4 Å². The molecule has 6 heterocycles. The van der Waals surface area contributed by atoms with Crippen molar-refractivity contribution in [2.75, 3.05) is 13.1 Å². The summed E-state index contributed by atoms with van der Waals surface area (Å²) in [6, 6.07) is 9.94. The van der Waals surface area contributed by atoms with Crippen molar-refractivity contribution in [1.82, 2.24) is 40.0 Å². The van der Waals surface area contributed by atoms with Crippen LogP contribution in [0.3, 0.4) is 0 Å². The number of nitrogens with zero attached hydrogens (tertiary/aromatic N) is 6. The fourth-order valence-electron chi connectivity index (χ4n) is 5.13. The third kappa shape index (κ3) is 3.90. The molecule has 1 aliphatic heterocycles. The van der Waals surface area contributed by atoms with Crippen molar-refractivity contribution in [2.45, 2.75) is 19.4 Å². The molecule has 2 N–H and O–H groups in total. The molecule has 1 aliphatic rings. The van der Waals surface area contributed by atoms with E-state index in [1.807, 2.05) is 18.3 Å². The number of nitrogens with one attached hydrogen (secondary N) is 2. The minimum absolute atomic E-state index is 0.231. The average Bonchev–Trinajstić information content (AvgIpc) is 3.69. The first-order chi connectivity index (χ1) is 18.6. The summed E-state index contributed by atoms with van der Waals surface area (Å²) in [6.07, 6.45) is 9.04. The molecule has 8 nitrogen and oxygen atoms in total. The van der Waals surface area contributed by atoms with Crippen LogP contribution in [0.25, 0.3) is 56.0 Å². The highest BCUT2D eigenvalue weighted by Crippen LogP contribution is 2.34. The number of rotatable bonds is 5. The van der Waals surface area contributed by atoms with Crippen LogP contribution < -0.4 is 0 Å². The lowest BCUT2D eigenvalue weighted by Gasteiger charge is -2.15. The Kier molecular flexibility index (Phi) is 5.40. The van der Waals surface area contributed by atoms with Gasteiger partial charge in [0.25, 0.3) is 0 Å². The van der Waals surface area contributed by atoms with E-state index >= 15 is 4.39 Å². The Balaban J connectivity index is 1.31. The molecule has 0 bridgehead atoms. The van der Waals surface area contributed by atoms with E-state index in [0.29, 0.717) is 39.5 Å². The highest BCUT2D eigenvalue weighted by atomic mass is 19.1. The number of benzene rings is 1. The maximum Gasteiger partial charge on any atom is 0.161 e. The normalized spacial score (nSPS) is 14.2. The first kappa shape index (κ1) is 22.6. The summed E-state index contributed by atoms with van der Waals surface area (Å²) in [5.41, 5.74) is 5.31. The third-order valence-corrected chi connectivity index (χ3v) is 7.00. The van der Waals surface area contributed by atoms with Crippen molar-refractivity contribution in [2.24, 2.45) is 0 Å². The molecular formula is C28H22F2N8. The molecule has 0 atom stereocenters. The topological polar surface area (TPSA) is 99.3 Å².